The molecule has 0 spiro atoms. The Balaban J connectivity index is 2.24. The number of rotatable bonds is 3. The van der Waals surface area contributed by atoms with E-state index in [0.29, 0.717) is 17.5 Å². The van der Waals surface area contributed by atoms with Crippen LogP contribution in [0.2, 0.25) is 0 Å². The Bertz CT molecular complexity index is 488. The van der Waals surface area contributed by atoms with Crippen molar-refractivity contribution in [2.45, 2.75) is 12.8 Å². The van der Waals surface area contributed by atoms with Crippen LogP contribution in [0.3, 0.4) is 0 Å². The van der Waals surface area contributed by atoms with E-state index in [2.05, 4.69) is 9.97 Å². The molecule has 0 saturated carbocycles. The van der Waals surface area contributed by atoms with Gasteiger partial charge in [0.15, 0.2) is 5.75 Å². The number of hydrogen-bond donors (Lipinski definition) is 0. The van der Waals surface area contributed by atoms with Gasteiger partial charge < -0.3 is 4.74 Å². The molecule has 0 aromatic carbocycles. The second kappa shape index (κ2) is 4.94. The van der Waals surface area contributed by atoms with Gasteiger partial charge in [-0.15, -0.1) is 11.6 Å². The molecule has 0 aliphatic rings. The summed E-state index contributed by atoms with van der Waals surface area (Å²) < 4.78 is 5.62. The van der Waals surface area contributed by atoms with Gasteiger partial charge in [0.25, 0.3) is 0 Å². The van der Waals surface area contributed by atoms with Gasteiger partial charge >= 0.3 is 0 Å². The van der Waals surface area contributed by atoms with E-state index in [4.69, 9.17) is 16.3 Å². The zero-order valence-corrected chi connectivity index (χ0v) is 9.61. The van der Waals surface area contributed by atoms with Crippen LogP contribution in [0.15, 0.2) is 36.7 Å². The number of nitrogens with zero attached hydrogens (tertiary/aromatic N) is 2. The van der Waals surface area contributed by atoms with Crippen LogP contribution >= 0.6 is 11.6 Å². The Morgan fingerprint density at radius 1 is 1.25 bits per heavy atom. The smallest absolute Gasteiger partial charge is 0.219 e. The number of alkyl halides is 1. The van der Waals surface area contributed by atoms with E-state index in [1.165, 1.54) is 0 Å². The molecule has 0 N–H and O–H groups in total. The summed E-state index contributed by atoms with van der Waals surface area (Å²) in [6.45, 7) is 1.89. The highest BCUT2D eigenvalue weighted by atomic mass is 35.5. The monoisotopic (exact) mass is 234 g/mol. The lowest BCUT2D eigenvalue weighted by atomic mass is 10.3. The Hall–Kier alpha value is -1.61. The third-order valence-corrected chi connectivity index (χ3v) is 2.44. The SMILES string of the molecule is Cc1ncccc1Oc1cc(CCl)ccn1. The summed E-state index contributed by atoms with van der Waals surface area (Å²) in [4.78, 5) is 8.25. The van der Waals surface area contributed by atoms with Gasteiger partial charge in [0.05, 0.1) is 5.69 Å². The van der Waals surface area contributed by atoms with E-state index in [1.54, 1.807) is 12.4 Å². The van der Waals surface area contributed by atoms with Crippen molar-refractivity contribution < 1.29 is 4.74 Å². The molecule has 0 aliphatic carbocycles. The Morgan fingerprint density at radius 2 is 2.12 bits per heavy atom. The van der Waals surface area contributed by atoms with Gasteiger partial charge in [-0.2, -0.15) is 0 Å². The first-order chi connectivity index (χ1) is 7.79. The molecule has 0 bridgehead atoms. The van der Waals surface area contributed by atoms with Crippen LogP contribution in [0.25, 0.3) is 0 Å². The first-order valence-electron chi connectivity index (χ1n) is 4.90. The number of pyridine rings is 2. The number of ether oxygens (including phenoxy) is 1. The third kappa shape index (κ3) is 2.49. The van der Waals surface area contributed by atoms with Crippen molar-refractivity contribution in [2.75, 3.05) is 0 Å². The van der Waals surface area contributed by atoms with Gasteiger partial charge in [0.2, 0.25) is 5.88 Å². The molecule has 0 saturated heterocycles. The fourth-order valence-corrected chi connectivity index (χ4v) is 1.45. The maximum atomic E-state index is 5.74. The summed E-state index contributed by atoms with van der Waals surface area (Å²) in [6, 6.07) is 7.36. The predicted octanol–water partition coefficient (Wildman–Crippen LogP) is 3.32. The normalized spacial score (nSPS) is 10.1. The minimum atomic E-state index is 0.449. The second-order valence-corrected chi connectivity index (χ2v) is 3.59. The van der Waals surface area contributed by atoms with Crippen molar-refractivity contribution in [2.24, 2.45) is 0 Å². The Morgan fingerprint density at radius 3 is 2.88 bits per heavy atom. The van der Waals surface area contributed by atoms with Gasteiger partial charge in [0, 0.05) is 24.3 Å². The van der Waals surface area contributed by atoms with E-state index < -0.39 is 0 Å². The summed E-state index contributed by atoms with van der Waals surface area (Å²) in [5, 5.41) is 0. The predicted molar refractivity (Wildman–Crippen MR) is 62.8 cm³/mol. The van der Waals surface area contributed by atoms with E-state index in [1.807, 2.05) is 31.2 Å². The van der Waals surface area contributed by atoms with Crippen molar-refractivity contribution in [3.63, 3.8) is 0 Å². The molecule has 2 heterocycles. The molecule has 3 nitrogen and oxygen atoms in total. The van der Waals surface area contributed by atoms with E-state index in [9.17, 15) is 0 Å². The first-order valence-corrected chi connectivity index (χ1v) is 5.43. The highest BCUT2D eigenvalue weighted by Gasteiger charge is 2.02. The highest BCUT2D eigenvalue weighted by Crippen LogP contribution is 2.22. The van der Waals surface area contributed by atoms with E-state index in [0.717, 1.165) is 11.3 Å². The van der Waals surface area contributed by atoms with Gasteiger partial charge in [-0.05, 0) is 30.7 Å². The van der Waals surface area contributed by atoms with E-state index in [-0.39, 0.29) is 0 Å². The minimum Gasteiger partial charge on any atom is -0.437 e. The van der Waals surface area contributed by atoms with Crippen LogP contribution in [0.5, 0.6) is 11.6 Å². The number of halogens is 1. The minimum absolute atomic E-state index is 0.449. The van der Waals surface area contributed by atoms with E-state index >= 15 is 0 Å². The molecule has 4 heteroatoms. The maximum absolute atomic E-state index is 5.74. The Kier molecular flexibility index (Phi) is 3.37. The lowest BCUT2D eigenvalue weighted by Gasteiger charge is -2.07. The van der Waals surface area contributed by atoms with Crippen LogP contribution in [0.1, 0.15) is 11.3 Å². The molecule has 0 unspecified atom stereocenters. The van der Waals surface area contributed by atoms with Gasteiger partial charge in [0.1, 0.15) is 0 Å². The van der Waals surface area contributed by atoms with Gasteiger partial charge in [-0.25, -0.2) is 4.98 Å². The van der Waals surface area contributed by atoms with Gasteiger partial charge in [-0.1, -0.05) is 0 Å². The average molecular weight is 235 g/mol. The van der Waals surface area contributed by atoms with Crippen LogP contribution in [-0.4, -0.2) is 9.97 Å². The first kappa shape index (κ1) is 10.9. The summed E-state index contributed by atoms with van der Waals surface area (Å²) >= 11 is 5.74. The highest BCUT2D eigenvalue weighted by molar-refractivity contribution is 6.17. The standard InChI is InChI=1S/C12H11ClN2O/c1-9-11(3-2-5-14-9)16-12-7-10(8-13)4-6-15-12/h2-7H,8H2,1H3. The van der Waals surface area contributed by atoms with Crippen molar-refractivity contribution in [3.05, 3.63) is 47.9 Å². The zero-order chi connectivity index (χ0) is 11.4. The number of aromatic nitrogens is 2. The van der Waals surface area contributed by atoms with Crippen LogP contribution in [0, 0.1) is 6.92 Å². The van der Waals surface area contributed by atoms with Crippen molar-refractivity contribution in [3.8, 4) is 11.6 Å². The second-order valence-electron chi connectivity index (χ2n) is 3.32. The quantitative estimate of drug-likeness (QED) is 0.765. The maximum Gasteiger partial charge on any atom is 0.219 e. The molecule has 0 atom stereocenters. The zero-order valence-electron chi connectivity index (χ0n) is 8.85. The summed E-state index contributed by atoms with van der Waals surface area (Å²) in [5.41, 5.74) is 1.81. The molecule has 2 aromatic rings. The molecule has 0 fully saturated rings. The van der Waals surface area contributed by atoms with Gasteiger partial charge in [-0.3, -0.25) is 4.98 Å². The largest absolute Gasteiger partial charge is 0.437 e. The Labute approximate surface area is 99.1 Å². The molecule has 2 aromatic heterocycles. The summed E-state index contributed by atoms with van der Waals surface area (Å²) in [5.74, 6) is 1.70. The topological polar surface area (TPSA) is 35.0 Å². The lowest BCUT2D eigenvalue weighted by molar-refractivity contribution is 0.456. The fourth-order valence-electron chi connectivity index (χ4n) is 1.28. The molecule has 0 radical (unpaired) electrons. The molecule has 16 heavy (non-hydrogen) atoms. The third-order valence-electron chi connectivity index (χ3n) is 2.13. The molecule has 0 aliphatic heterocycles. The molecule has 2 rings (SSSR count). The lowest BCUT2D eigenvalue weighted by Crippen LogP contribution is -1.92. The fraction of sp³-hybridized carbons (Fsp3) is 0.167. The van der Waals surface area contributed by atoms with Crippen LogP contribution in [-0.2, 0) is 5.88 Å². The van der Waals surface area contributed by atoms with Crippen molar-refractivity contribution in [1.29, 1.82) is 0 Å². The van der Waals surface area contributed by atoms with Crippen LogP contribution < -0.4 is 4.74 Å². The van der Waals surface area contributed by atoms with Crippen LogP contribution in [0.4, 0.5) is 0 Å². The molecule has 0 amide bonds. The molecule has 82 valence electrons. The molecular weight excluding hydrogens is 224 g/mol. The summed E-state index contributed by atoms with van der Waals surface area (Å²) in [6.07, 6.45) is 3.41. The number of aryl methyl sites for hydroxylation is 1. The van der Waals surface area contributed by atoms with Crippen molar-refractivity contribution >= 4 is 11.6 Å². The summed E-state index contributed by atoms with van der Waals surface area (Å²) in [7, 11) is 0. The molecular formula is C12H11ClN2O. The van der Waals surface area contributed by atoms with Crippen molar-refractivity contribution in [1.82, 2.24) is 9.97 Å². The number of hydrogen-bond acceptors (Lipinski definition) is 3. The average Bonchev–Trinajstić information content (AvgIpc) is 2.32.